The second kappa shape index (κ2) is 7.03. The summed E-state index contributed by atoms with van der Waals surface area (Å²) in [6.45, 7) is -0.358. The fourth-order valence-corrected chi connectivity index (χ4v) is 2.53. The van der Waals surface area contributed by atoms with Gasteiger partial charge in [0.25, 0.3) is 5.56 Å². The maximum absolute atomic E-state index is 13.6. The first kappa shape index (κ1) is 18.3. The Morgan fingerprint density at radius 1 is 1.11 bits per heavy atom. The minimum Gasteiger partial charge on any atom is -0.473 e. The molecule has 0 aliphatic rings. The number of hydrogen-bond acceptors (Lipinski definition) is 3. The van der Waals surface area contributed by atoms with Crippen LogP contribution in [0, 0.1) is 18.2 Å². The SMILES string of the molecule is C#Cc1c(=O)[nH]c(OCc2ccccc2OC(F)(F)F)c2cc(F)ccc12. The van der Waals surface area contributed by atoms with Gasteiger partial charge in [0.1, 0.15) is 18.2 Å². The second-order valence-electron chi connectivity index (χ2n) is 5.44. The maximum atomic E-state index is 13.6. The van der Waals surface area contributed by atoms with E-state index in [0.717, 1.165) is 18.2 Å². The minimum absolute atomic E-state index is 0.00171. The van der Waals surface area contributed by atoms with E-state index in [1.807, 2.05) is 0 Å². The van der Waals surface area contributed by atoms with Crippen LogP contribution in [0.15, 0.2) is 47.3 Å². The molecule has 0 saturated carbocycles. The van der Waals surface area contributed by atoms with Crippen LogP contribution in [0.4, 0.5) is 17.6 Å². The summed E-state index contributed by atoms with van der Waals surface area (Å²) in [5.74, 6) is 1.08. The van der Waals surface area contributed by atoms with Crippen LogP contribution >= 0.6 is 0 Å². The number of alkyl halides is 3. The van der Waals surface area contributed by atoms with Crippen molar-refractivity contribution < 1.29 is 27.0 Å². The summed E-state index contributed by atoms with van der Waals surface area (Å²) in [6, 6.07) is 8.97. The largest absolute Gasteiger partial charge is 0.573 e. The molecule has 0 bridgehead atoms. The predicted octanol–water partition coefficient (Wildman–Crippen LogP) is 4.13. The van der Waals surface area contributed by atoms with E-state index in [9.17, 15) is 22.4 Å². The summed E-state index contributed by atoms with van der Waals surface area (Å²) in [5.41, 5.74) is -0.550. The Morgan fingerprint density at radius 2 is 1.85 bits per heavy atom. The molecule has 4 nitrogen and oxygen atoms in total. The highest BCUT2D eigenvalue weighted by molar-refractivity contribution is 5.91. The van der Waals surface area contributed by atoms with Crippen LogP contribution in [0.5, 0.6) is 11.6 Å². The molecule has 1 heterocycles. The Labute approximate surface area is 150 Å². The number of nitrogens with one attached hydrogen (secondary N) is 1. The van der Waals surface area contributed by atoms with E-state index in [-0.39, 0.29) is 34.4 Å². The molecule has 0 saturated heterocycles. The number of terminal acetylenes is 1. The highest BCUT2D eigenvalue weighted by atomic mass is 19.4. The van der Waals surface area contributed by atoms with Gasteiger partial charge in [0, 0.05) is 16.3 Å². The highest BCUT2D eigenvalue weighted by Gasteiger charge is 2.32. The molecule has 2 aromatic carbocycles. The van der Waals surface area contributed by atoms with Gasteiger partial charge in [-0.1, -0.05) is 24.1 Å². The Kier molecular flexibility index (Phi) is 4.77. The third kappa shape index (κ3) is 4.03. The molecule has 3 rings (SSSR count). The van der Waals surface area contributed by atoms with Gasteiger partial charge in [-0.05, 0) is 24.3 Å². The van der Waals surface area contributed by atoms with Crippen molar-refractivity contribution in [2.45, 2.75) is 13.0 Å². The third-order valence-electron chi connectivity index (χ3n) is 3.66. The average molecular weight is 377 g/mol. The zero-order chi connectivity index (χ0) is 19.6. The molecule has 1 aromatic heterocycles. The molecular weight excluding hydrogens is 366 g/mol. The molecule has 0 fully saturated rings. The summed E-state index contributed by atoms with van der Waals surface area (Å²) in [4.78, 5) is 14.5. The topological polar surface area (TPSA) is 51.3 Å². The molecule has 138 valence electrons. The summed E-state index contributed by atoms with van der Waals surface area (Å²) in [6.07, 6.45) is 0.454. The van der Waals surface area contributed by atoms with Crippen LogP contribution in [0.3, 0.4) is 0 Å². The predicted molar refractivity (Wildman–Crippen MR) is 89.9 cm³/mol. The first-order valence-corrected chi connectivity index (χ1v) is 7.57. The van der Waals surface area contributed by atoms with Crippen LogP contribution in [0.2, 0.25) is 0 Å². The molecule has 0 aliphatic heterocycles. The summed E-state index contributed by atoms with van der Waals surface area (Å²) < 4.78 is 60.5. The summed E-state index contributed by atoms with van der Waals surface area (Å²) in [7, 11) is 0. The quantitative estimate of drug-likeness (QED) is 0.550. The van der Waals surface area contributed by atoms with Crippen molar-refractivity contribution in [2.75, 3.05) is 0 Å². The van der Waals surface area contributed by atoms with Crippen molar-refractivity contribution in [1.82, 2.24) is 4.98 Å². The molecule has 0 unspecified atom stereocenters. The fourth-order valence-electron chi connectivity index (χ4n) is 2.53. The smallest absolute Gasteiger partial charge is 0.473 e. The standard InChI is InChI=1S/C19H11F4NO3/c1-2-13-14-8-7-12(20)9-15(14)18(24-17(13)25)26-10-11-5-3-4-6-16(11)27-19(21,22)23/h1,3-9H,10H2,(H,24,25). The van der Waals surface area contributed by atoms with Crippen molar-refractivity contribution in [2.24, 2.45) is 0 Å². The van der Waals surface area contributed by atoms with Crippen LogP contribution in [-0.2, 0) is 6.61 Å². The summed E-state index contributed by atoms with van der Waals surface area (Å²) in [5, 5.41) is 0.481. The van der Waals surface area contributed by atoms with Gasteiger partial charge in [0.15, 0.2) is 0 Å². The van der Waals surface area contributed by atoms with Gasteiger partial charge in [0.05, 0.1) is 5.56 Å². The molecule has 3 aromatic rings. The molecular formula is C19H11F4NO3. The van der Waals surface area contributed by atoms with Crippen molar-refractivity contribution in [3.05, 3.63) is 69.8 Å². The molecule has 8 heteroatoms. The molecule has 0 atom stereocenters. The Balaban J connectivity index is 1.99. The van der Waals surface area contributed by atoms with Gasteiger partial charge in [0.2, 0.25) is 5.88 Å². The van der Waals surface area contributed by atoms with Gasteiger partial charge >= 0.3 is 6.36 Å². The van der Waals surface area contributed by atoms with Crippen molar-refractivity contribution in [1.29, 1.82) is 0 Å². The number of ether oxygens (including phenoxy) is 2. The second-order valence-corrected chi connectivity index (χ2v) is 5.44. The third-order valence-corrected chi connectivity index (χ3v) is 3.66. The average Bonchev–Trinajstić information content (AvgIpc) is 2.60. The Morgan fingerprint density at radius 3 is 2.56 bits per heavy atom. The number of benzene rings is 2. The monoisotopic (exact) mass is 377 g/mol. The number of hydrogen-bond donors (Lipinski definition) is 1. The molecule has 27 heavy (non-hydrogen) atoms. The number of aromatic nitrogens is 1. The van der Waals surface area contributed by atoms with E-state index >= 15 is 0 Å². The van der Waals surface area contributed by atoms with Crippen LogP contribution in [0.25, 0.3) is 10.8 Å². The van der Waals surface area contributed by atoms with Crippen LogP contribution in [0.1, 0.15) is 11.1 Å². The van der Waals surface area contributed by atoms with E-state index < -0.39 is 23.5 Å². The zero-order valence-corrected chi connectivity index (χ0v) is 13.6. The maximum Gasteiger partial charge on any atom is 0.573 e. The van der Waals surface area contributed by atoms with Gasteiger partial charge in [-0.3, -0.25) is 9.78 Å². The fraction of sp³-hybridized carbons (Fsp3) is 0.105. The minimum atomic E-state index is -4.87. The number of halogens is 4. The lowest BCUT2D eigenvalue weighted by Crippen LogP contribution is -2.18. The molecule has 1 N–H and O–H groups in total. The number of rotatable bonds is 4. The lowest BCUT2D eigenvalue weighted by atomic mass is 10.1. The molecule has 0 amide bonds. The normalized spacial score (nSPS) is 11.2. The Hall–Kier alpha value is -3.47. The number of H-pyrrole nitrogens is 1. The Bertz CT molecular complexity index is 1100. The van der Waals surface area contributed by atoms with Crippen LogP contribution in [-0.4, -0.2) is 11.3 Å². The lowest BCUT2D eigenvalue weighted by Gasteiger charge is -2.14. The van der Waals surface area contributed by atoms with E-state index in [2.05, 4.69) is 15.6 Å². The van der Waals surface area contributed by atoms with Gasteiger partial charge in [-0.2, -0.15) is 0 Å². The molecule has 0 spiro atoms. The number of fused-ring (bicyclic) bond motifs is 1. The van der Waals surface area contributed by atoms with Gasteiger partial charge in [-0.25, -0.2) is 4.39 Å². The summed E-state index contributed by atoms with van der Waals surface area (Å²) >= 11 is 0. The zero-order valence-electron chi connectivity index (χ0n) is 13.6. The number of pyridine rings is 1. The molecule has 0 radical (unpaired) electrons. The lowest BCUT2D eigenvalue weighted by molar-refractivity contribution is -0.275. The van der Waals surface area contributed by atoms with Crippen molar-refractivity contribution in [3.8, 4) is 24.0 Å². The van der Waals surface area contributed by atoms with E-state index in [1.54, 1.807) is 0 Å². The van der Waals surface area contributed by atoms with Crippen LogP contribution < -0.4 is 15.0 Å². The first-order chi connectivity index (χ1) is 12.8. The molecule has 0 aliphatic carbocycles. The van der Waals surface area contributed by atoms with Gasteiger partial charge < -0.3 is 9.47 Å². The van der Waals surface area contributed by atoms with Gasteiger partial charge in [-0.15, -0.1) is 19.6 Å². The van der Waals surface area contributed by atoms with Crippen molar-refractivity contribution >= 4 is 10.8 Å². The number of aromatic amines is 1. The van der Waals surface area contributed by atoms with E-state index in [0.29, 0.717) is 0 Å². The van der Waals surface area contributed by atoms with E-state index in [1.165, 1.54) is 24.3 Å². The first-order valence-electron chi connectivity index (χ1n) is 7.57. The number of para-hydroxylation sites is 1. The highest BCUT2D eigenvalue weighted by Crippen LogP contribution is 2.29. The van der Waals surface area contributed by atoms with Crippen molar-refractivity contribution in [3.63, 3.8) is 0 Å². The van der Waals surface area contributed by atoms with E-state index in [4.69, 9.17) is 11.2 Å².